The first-order chi connectivity index (χ1) is 8.56. The predicted molar refractivity (Wildman–Crippen MR) is 72.4 cm³/mol. The van der Waals surface area contributed by atoms with Crippen LogP contribution in [0.3, 0.4) is 0 Å². The summed E-state index contributed by atoms with van der Waals surface area (Å²) in [4.78, 5) is 13.8. The molecule has 0 bridgehead atoms. The third-order valence-corrected chi connectivity index (χ3v) is 3.49. The standard InChI is InChI=1S/C13H15Cl2NO2/c1-9(13(17)16-6-5-11(15)8-16)18-12-4-2-3-10(14)7-12/h2-4,7,9,11H,5-6,8H2,1H3. The van der Waals surface area contributed by atoms with Crippen LogP contribution >= 0.6 is 23.2 Å². The molecule has 98 valence electrons. The van der Waals surface area contributed by atoms with E-state index in [4.69, 9.17) is 27.9 Å². The Kier molecular flexibility index (Phi) is 4.36. The molecule has 0 N–H and O–H groups in total. The molecule has 1 aliphatic heterocycles. The zero-order valence-corrected chi connectivity index (χ0v) is 11.6. The molecule has 0 spiro atoms. The van der Waals surface area contributed by atoms with Crippen LogP contribution in [0.2, 0.25) is 5.02 Å². The minimum atomic E-state index is -0.523. The lowest BCUT2D eigenvalue weighted by Gasteiger charge is -2.21. The van der Waals surface area contributed by atoms with Gasteiger partial charge in [-0.2, -0.15) is 0 Å². The van der Waals surface area contributed by atoms with Crippen LogP contribution in [0.1, 0.15) is 13.3 Å². The highest BCUT2D eigenvalue weighted by Gasteiger charge is 2.28. The second-order valence-electron chi connectivity index (χ2n) is 4.39. The van der Waals surface area contributed by atoms with Crippen molar-refractivity contribution in [2.75, 3.05) is 13.1 Å². The summed E-state index contributed by atoms with van der Waals surface area (Å²) < 4.78 is 5.59. The SMILES string of the molecule is CC(Oc1cccc(Cl)c1)C(=O)N1CCC(Cl)C1. The van der Waals surface area contributed by atoms with E-state index in [0.717, 1.165) is 6.42 Å². The second-order valence-corrected chi connectivity index (χ2v) is 5.44. The maximum Gasteiger partial charge on any atom is 0.263 e. The van der Waals surface area contributed by atoms with E-state index in [0.29, 0.717) is 23.9 Å². The highest BCUT2D eigenvalue weighted by Crippen LogP contribution is 2.20. The van der Waals surface area contributed by atoms with Gasteiger partial charge >= 0.3 is 0 Å². The number of alkyl halides is 1. The fourth-order valence-corrected chi connectivity index (χ4v) is 2.41. The van der Waals surface area contributed by atoms with E-state index in [-0.39, 0.29) is 11.3 Å². The fourth-order valence-electron chi connectivity index (χ4n) is 1.97. The van der Waals surface area contributed by atoms with Gasteiger partial charge in [-0.15, -0.1) is 11.6 Å². The predicted octanol–water partition coefficient (Wildman–Crippen LogP) is 2.95. The average molecular weight is 288 g/mol. The summed E-state index contributed by atoms with van der Waals surface area (Å²) in [5.41, 5.74) is 0. The van der Waals surface area contributed by atoms with Gasteiger partial charge in [-0.3, -0.25) is 4.79 Å². The van der Waals surface area contributed by atoms with Gasteiger partial charge in [-0.05, 0) is 31.5 Å². The van der Waals surface area contributed by atoms with Gasteiger partial charge in [0.1, 0.15) is 5.75 Å². The molecule has 1 aromatic carbocycles. The summed E-state index contributed by atoms with van der Waals surface area (Å²) in [6.45, 7) is 3.05. The van der Waals surface area contributed by atoms with Crippen molar-refractivity contribution in [3.63, 3.8) is 0 Å². The van der Waals surface area contributed by atoms with Gasteiger partial charge in [0.25, 0.3) is 5.91 Å². The van der Waals surface area contributed by atoms with Crippen LogP contribution in [0.15, 0.2) is 24.3 Å². The lowest BCUT2D eigenvalue weighted by atomic mass is 10.3. The Morgan fingerprint density at radius 2 is 2.33 bits per heavy atom. The molecule has 1 amide bonds. The molecule has 0 saturated carbocycles. The Bertz CT molecular complexity index is 439. The molecule has 0 radical (unpaired) electrons. The molecule has 2 rings (SSSR count). The van der Waals surface area contributed by atoms with Gasteiger partial charge in [-0.1, -0.05) is 17.7 Å². The quantitative estimate of drug-likeness (QED) is 0.800. The van der Waals surface area contributed by atoms with Crippen LogP contribution < -0.4 is 4.74 Å². The van der Waals surface area contributed by atoms with Crippen LogP contribution in [0.5, 0.6) is 5.75 Å². The Balaban J connectivity index is 1.95. The lowest BCUT2D eigenvalue weighted by molar-refractivity contribution is -0.136. The first-order valence-electron chi connectivity index (χ1n) is 5.91. The highest BCUT2D eigenvalue weighted by molar-refractivity contribution is 6.30. The first kappa shape index (κ1) is 13.5. The van der Waals surface area contributed by atoms with Crippen LogP contribution in [-0.2, 0) is 4.79 Å². The van der Waals surface area contributed by atoms with Crippen molar-refractivity contribution < 1.29 is 9.53 Å². The number of carbonyl (C=O) groups is 1. The molecule has 2 atom stereocenters. The Hall–Kier alpha value is -0.930. The summed E-state index contributed by atoms with van der Waals surface area (Å²) in [7, 11) is 0. The Morgan fingerprint density at radius 3 is 2.94 bits per heavy atom. The largest absolute Gasteiger partial charge is 0.481 e. The van der Waals surface area contributed by atoms with Crippen molar-refractivity contribution in [2.24, 2.45) is 0 Å². The molecule has 5 heteroatoms. The molecule has 1 aromatic rings. The topological polar surface area (TPSA) is 29.5 Å². The minimum Gasteiger partial charge on any atom is -0.481 e. The highest BCUT2D eigenvalue weighted by atomic mass is 35.5. The third-order valence-electron chi connectivity index (χ3n) is 2.90. The van der Waals surface area contributed by atoms with E-state index >= 15 is 0 Å². The summed E-state index contributed by atoms with van der Waals surface area (Å²) in [6, 6.07) is 7.03. The molecular weight excluding hydrogens is 273 g/mol. The molecule has 1 fully saturated rings. The second kappa shape index (κ2) is 5.81. The van der Waals surface area contributed by atoms with Crippen molar-refractivity contribution >= 4 is 29.1 Å². The smallest absolute Gasteiger partial charge is 0.263 e. The molecule has 2 unspecified atom stereocenters. The van der Waals surface area contributed by atoms with Crippen LogP contribution in [-0.4, -0.2) is 35.4 Å². The van der Waals surface area contributed by atoms with Crippen LogP contribution in [0.4, 0.5) is 0 Å². The number of rotatable bonds is 3. The summed E-state index contributed by atoms with van der Waals surface area (Å²) in [5, 5.41) is 0.654. The van der Waals surface area contributed by atoms with Gasteiger partial charge in [0.05, 0.1) is 5.38 Å². The average Bonchev–Trinajstić information content (AvgIpc) is 2.75. The monoisotopic (exact) mass is 287 g/mol. The number of halogens is 2. The number of hydrogen-bond acceptors (Lipinski definition) is 2. The molecule has 0 aromatic heterocycles. The van der Waals surface area contributed by atoms with E-state index in [1.165, 1.54) is 0 Å². The van der Waals surface area contributed by atoms with E-state index < -0.39 is 6.10 Å². The molecular formula is C13H15Cl2NO2. The maximum atomic E-state index is 12.1. The van der Waals surface area contributed by atoms with E-state index in [1.807, 2.05) is 0 Å². The van der Waals surface area contributed by atoms with Crippen molar-refractivity contribution in [2.45, 2.75) is 24.8 Å². The Morgan fingerprint density at radius 1 is 1.56 bits per heavy atom. The maximum absolute atomic E-state index is 12.1. The molecule has 1 saturated heterocycles. The number of hydrogen-bond donors (Lipinski definition) is 0. The molecule has 3 nitrogen and oxygen atoms in total. The third kappa shape index (κ3) is 3.30. The summed E-state index contributed by atoms with van der Waals surface area (Å²) in [5.74, 6) is 0.572. The zero-order valence-electron chi connectivity index (χ0n) is 10.1. The number of nitrogens with zero attached hydrogens (tertiary/aromatic N) is 1. The van der Waals surface area contributed by atoms with Crippen molar-refractivity contribution in [3.8, 4) is 5.75 Å². The van der Waals surface area contributed by atoms with E-state index in [2.05, 4.69) is 0 Å². The minimum absolute atomic E-state index is 0.0295. The van der Waals surface area contributed by atoms with Crippen molar-refractivity contribution in [1.82, 2.24) is 4.90 Å². The lowest BCUT2D eigenvalue weighted by Crippen LogP contribution is -2.39. The van der Waals surface area contributed by atoms with Gasteiger partial charge < -0.3 is 9.64 Å². The van der Waals surface area contributed by atoms with Gasteiger partial charge in [-0.25, -0.2) is 0 Å². The first-order valence-corrected chi connectivity index (χ1v) is 6.73. The number of carbonyl (C=O) groups excluding carboxylic acids is 1. The summed E-state index contributed by atoms with van der Waals surface area (Å²) in [6.07, 6.45) is 0.322. The summed E-state index contributed by atoms with van der Waals surface area (Å²) >= 11 is 11.8. The molecule has 18 heavy (non-hydrogen) atoms. The van der Waals surface area contributed by atoms with Crippen LogP contribution in [0.25, 0.3) is 0 Å². The molecule has 0 aliphatic carbocycles. The van der Waals surface area contributed by atoms with Crippen LogP contribution in [0, 0.1) is 0 Å². The number of amides is 1. The van der Waals surface area contributed by atoms with Crippen molar-refractivity contribution in [3.05, 3.63) is 29.3 Å². The Labute approximate surface area is 117 Å². The molecule has 1 heterocycles. The normalized spacial score (nSPS) is 20.8. The van der Waals surface area contributed by atoms with E-state index in [9.17, 15) is 4.79 Å². The molecule has 1 aliphatic rings. The fraction of sp³-hybridized carbons (Fsp3) is 0.462. The van der Waals surface area contributed by atoms with E-state index in [1.54, 1.807) is 36.1 Å². The van der Waals surface area contributed by atoms with Crippen molar-refractivity contribution in [1.29, 1.82) is 0 Å². The number of ether oxygens (including phenoxy) is 1. The number of benzene rings is 1. The van der Waals surface area contributed by atoms with Gasteiger partial charge in [0, 0.05) is 18.1 Å². The van der Waals surface area contributed by atoms with Gasteiger partial charge in [0.2, 0.25) is 0 Å². The number of likely N-dealkylation sites (tertiary alicyclic amines) is 1. The zero-order chi connectivity index (χ0) is 13.1. The van der Waals surface area contributed by atoms with Gasteiger partial charge in [0.15, 0.2) is 6.10 Å².